The van der Waals surface area contributed by atoms with Gasteiger partial charge in [0.1, 0.15) is 0 Å². The monoisotopic (exact) mass is 284 g/mol. The average molecular weight is 284 g/mol. The van der Waals surface area contributed by atoms with E-state index in [1.165, 1.54) is 51.6 Å². The van der Waals surface area contributed by atoms with Crippen LogP contribution in [0.2, 0.25) is 0 Å². The third-order valence-electron chi connectivity index (χ3n) is 6.20. The number of hydrogen-bond donors (Lipinski definition) is 1. The molecule has 0 aromatic heterocycles. The predicted molar refractivity (Wildman–Crippen MR) is 87.5 cm³/mol. The van der Waals surface area contributed by atoms with Gasteiger partial charge >= 0.3 is 0 Å². The van der Waals surface area contributed by atoms with Gasteiger partial charge in [-0.3, -0.25) is 4.90 Å². The zero-order chi connectivity index (χ0) is 14.2. The maximum absolute atomic E-state index is 3.42. The van der Waals surface area contributed by atoms with Crippen LogP contribution in [-0.4, -0.2) is 37.1 Å². The first-order chi connectivity index (χ1) is 10.4. The molecule has 3 atom stereocenters. The van der Waals surface area contributed by atoms with Gasteiger partial charge in [0.15, 0.2) is 0 Å². The van der Waals surface area contributed by atoms with E-state index in [2.05, 4.69) is 41.5 Å². The van der Waals surface area contributed by atoms with Crippen molar-refractivity contribution in [3.05, 3.63) is 35.4 Å². The zero-order valence-corrected chi connectivity index (χ0v) is 13.2. The first-order valence-corrected chi connectivity index (χ1v) is 8.84. The fraction of sp³-hybridized carbons (Fsp3) is 0.684. The highest BCUT2D eigenvalue weighted by atomic mass is 15.2. The van der Waals surface area contributed by atoms with Crippen LogP contribution in [0.1, 0.15) is 36.8 Å². The van der Waals surface area contributed by atoms with Crippen molar-refractivity contribution in [2.24, 2.45) is 11.8 Å². The number of fused-ring (bicyclic) bond motifs is 3. The van der Waals surface area contributed by atoms with E-state index >= 15 is 0 Å². The van der Waals surface area contributed by atoms with E-state index in [0.717, 1.165) is 23.9 Å². The summed E-state index contributed by atoms with van der Waals surface area (Å²) in [6.45, 7) is 2.50. The number of benzene rings is 1. The maximum Gasteiger partial charge on any atom is 0.0224 e. The van der Waals surface area contributed by atoms with Crippen molar-refractivity contribution in [3.8, 4) is 0 Å². The first-order valence-electron chi connectivity index (χ1n) is 8.84. The molecule has 3 aliphatic rings. The number of likely N-dealkylation sites (tertiary alicyclic amines) is 1. The van der Waals surface area contributed by atoms with Crippen molar-refractivity contribution in [3.63, 3.8) is 0 Å². The lowest BCUT2D eigenvalue weighted by atomic mass is 9.93. The van der Waals surface area contributed by atoms with Crippen LogP contribution in [0.25, 0.3) is 0 Å². The SMILES string of the molecule is CNCC1CCCN1C1C2CCC1Cc1ccccc1C2. The molecule has 1 N–H and O–H groups in total. The smallest absolute Gasteiger partial charge is 0.0224 e. The van der Waals surface area contributed by atoms with Gasteiger partial charge in [0.25, 0.3) is 0 Å². The third-order valence-corrected chi connectivity index (χ3v) is 6.20. The molecular weight excluding hydrogens is 256 g/mol. The Labute approximate surface area is 128 Å². The zero-order valence-electron chi connectivity index (χ0n) is 13.2. The normalized spacial score (nSPS) is 35.7. The van der Waals surface area contributed by atoms with Gasteiger partial charge in [-0.15, -0.1) is 0 Å². The Morgan fingerprint density at radius 2 is 1.71 bits per heavy atom. The molecule has 2 bridgehead atoms. The van der Waals surface area contributed by atoms with Gasteiger partial charge in [-0.25, -0.2) is 0 Å². The summed E-state index contributed by atoms with van der Waals surface area (Å²) < 4.78 is 0. The topological polar surface area (TPSA) is 15.3 Å². The predicted octanol–water partition coefficient (Wildman–Crippen LogP) is 2.86. The van der Waals surface area contributed by atoms with Crippen molar-refractivity contribution >= 4 is 0 Å². The summed E-state index contributed by atoms with van der Waals surface area (Å²) in [6, 6.07) is 10.8. The highest BCUT2D eigenvalue weighted by Crippen LogP contribution is 2.44. The van der Waals surface area contributed by atoms with Gasteiger partial charge in [-0.2, -0.15) is 0 Å². The van der Waals surface area contributed by atoms with Crippen LogP contribution in [-0.2, 0) is 12.8 Å². The Balaban J connectivity index is 1.60. The average Bonchev–Trinajstić information content (AvgIpc) is 3.03. The molecule has 0 radical (unpaired) electrons. The quantitative estimate of drug-likeness (QED) is 0.918. The van der Waals surface area contributed by atoms with E-state index in [0.29, 0.717) is 0 Å². The lowest BCUT2D eigenvalue weighted by Crippen LogP contribution is -2.48. The Kier molecular flexibility index (Phi) is 3.76. The van der Waals surface area contributed by atoms with Crippen molar-refractivity contribution in [2.45, 2.75) is 50.6 Å². The highest BCUT2D eigenvalue weighted by molar-refractivity contribution is 5.31. The Bertz CT molecular complexity index is 465. The van der Waals surface area contributed by atoms with E-state index in [1.807, 2.05) is 0 Å². The van der Waals surface area contributed by atoms with Crippen molar-refractivity contribution < 1.29 is 0 Å². The summed E-state index contributed by atoms with van der Waals surface area (Å²) >= 11 is 0. The Morgan fingerprint density at radius 3 is 2.33 bits per heavy atom. The van der Waals surface area contributed by atoms with Crippen LogP contribution in [0.5, 0.6) is 0 Å². The number of nitrogens with zero attached hydrogens (tertiary/aromatic N) is 1. The number of hydrogen-bond acceptors (Lipinski definition) is 2. The summed E-state index contributed by atoms with van der Waals surface area (Å²) in [5, 5.41) is 3.42. The Morgan fingerprint density at radius 1 is 1.05 bits per heavy atom. The van der Waals surface area contributed by atoms with E-state index in [1.54, 1.807) is 11.1 Å². The molecule has 1 saturated heterocycles. The molecule has 0 amide bonds. The first kappa shape index (κ1) is 13.8. The van der Waals surface area contributed by atoms with E-state index in [-0.39, 0.29) is 0 Å². The van der Waals surface area contributed by atoms with E-state index in [4.69, 9.17) is 0 Å². The van der Waals surface area contributed by atoms with E-state index < -0.39 is 0 Å². The molecule has 4 rings (SSSR count). The van der Waals surface area contributed by atoms with Gasteiger partial charge in [0.05, 0.1) is 0 Å². The summed E-state index contributed by atoms with van der Waals surface area (Å²) in [5.41, 5.74) is 3.28. The molecule has 114 valence electrons. The molecule has 21 heavy (non-hydrogen) atoms. The number of rotatable bonds is 3. The molecule has 1 aliphatic heterocycles. The third kappa shape index (κ3) is 2.43. The van der Waals surface area contributed by atoms with Gasteiger partial charge in [-0.05, 0) is 75.1 Å². The highest BCUT2D eigenvalue weighted by Gasteiger charge is 2.44. The van der Waals surface area contributed by atoms with Crippen molar-refractivity contribution in [2.75, 3.05) is 20.1 Å². The van der Waals surface area contributed by atoms with Crippen LogP contribution >= 0.6 is 0 Å². The molecule has 1 aromatic carbocycles. The van der Waals surface area contributed by atoms with Crippen LogP contribution in [0.3, 0.4) is 0 Å². The molecular formula is C19H28N2. The number of likely N-dealkylation sites (N-methyl/N-ethyl adjacent to an activating group) is 1. The molecule has 2 nitrogen and oxygen atoms in total. The largest absolute Gasteiger partial charge is 0.318 e. The second kappa shape index (κ2) is 5.73. The minimum absolute atomic E-state index is 0.782. The molecule has 0 spiro atoms. The number of nitrogens with one attached hydrogen (secondary N) is 1. The Hall–Kier alpha value is -0.860. The van der Waals surface area contributed by atoms with Gasteiger partial charge in [0.2, 0.25) is 0 Å². The van der Waals surface area contributed by atoms with Crippen LogP contribution < -0.4 is 5.32 Å². The summed E-state index contributed by atoms with van der Waals surface area (Å²) in [5.74, 6) is 1.80. The standard InChI is InChI=1S/C19H28N2/c1-20-13-18-7-4-10-21(18)19-16-8-9-17(19)12-15-6-3-2-5-14(15)11-16/h2-3,5-6,16-20H,4,7-13H2,1H3. The van der Waals surface area contributed by atoms with Crippen molar-refractivity contribution in [1.29, 1.82) is 0 Å². The molecule has 2 fully saturated rings. The summed E-state index contributed by atoms with van der Waals surface area (Å²) in [7, 11) is 2.11. The second-order valence-corrected chi connectivity index (χ2v) is 7.36. The molecule has 2 heteroatoms. The fourth-order valence-electron chi connectivity index (χ4n) is 5.37. The minimum atomic E-state index is 0.782. The van der Waals surface area contributed by atoms with Crippen molar-refractivity contribution in [1.82, 2.24) is 10.2 Å². The van der Waals surface area contributed by atoms with Gasteiger partial charge < -0.3 is 5.32 Å². The molecule has 1 heterocycles. The summed E-state index contributed by atoms with van der Waals surface area (Å²) in [4.78, 5) is 2.89. The van der Waals surface area contributed by atoms with Gasteiger partial charge in [-0.1, -0.05) is 24.3 Å². The van der Waals surface area contributed by atoms with Gasteiger partial charge in [0, 0.05) is 18.6 Å². The molecule has 2 aliphatic carbocycles. The minimum Gasteiger partial charge on any atom is -0.318 e. The summed E-state index contributed by atoms with van der Waals surface area (Å²) in [6.07, 6.45) is 8.33. The lowest BCUT2D eigenvalue weighted by Gasteiger charge is -2.37. The second-order valence-electron chi connectivity index (χ2n) is 7.36. The maximum atomic E-state index is 3.42. The van der Waals surface area contributed by atoms with Crippen LogP contribution in [0.4, 0.5) is 0 Å². The molecule has 3 unspecified atom stereocenters. The van der Waals surface area contributed by atoms with Crippen LogP contribution in [0.15, 0.2) is 24.3 Å². The lowest BCUT2D eigenvalue weighted by molar-refractivity contribution is 0.114. The molecule has 1 aromatic rings. The molecule has 1 saturated carbocycles. The van der Waals surface area contributed by atoms with E-state index in [9.17, 15) is 0 Å². The van der Waals surface area contributed by atoms with Crippen LogP contribution in [0, 0.1) is 11.8 Å². The fourth-order valence-corrected chi connectivity index (χ4v) is 5.37.